The number of benzene rings is 1. The van der Waals surface area contributed by atoms with Crippen LogP contribution in [0.2, 0.25) is 5.02 Å². The predicted molar refractivity (Wildman–Crippen MR) is 200 cm³/mol. The lowest BCUT2D eigenvalue weighted by Gasteiger charge is -2.43. The van der Waals surface area contributed by atoms with E-state index in [1.807, 2.05) is 19.1 Å². The molecule has 2 aliphatic carbocycles. The molecule has 2 N–H and O–H groups in total. The van der Waals surface area contributed by atoms with E-state index in [9.17, 15) is 18.0 Å². The normalized spacial score (nSPS) is 32.7. The molecule has 276 valence electrons. The summed E-state index contributed by atoms with van der Waals surface area (Å²) in [5, 5.41) is 3.32. The number of halogens is 1. The Kier molecular flexibility index (Phi) is 10.8. The number of nitrogens with zero attached hydrogens (tertiary/aromatic N) is 3. The highest BCUT2D eigenvalue weighted by atomic mass is 35.5. The minimum atomic E-state index is -3.97. The summed E-state index contributed by atoms with van der Waals surface area (Å²) in [6.45, 7) is 10.1. The van der Waals surface area contributed by atoms with Crippen molar-refractivity contribution in [1.82, 2.24) is 19.9 Å². The van der Waals surface area contributed by atoms with Crippen LogP contribution in [0, 0.1) is 17.8 Å². The van der Waals surface area contributed by atoms with Gasteiger partial charge >= 0.3 is 0 Å². The minimum Gasteiger partial charge on any atom is -0.489 e. The van der Waals surface area contributed by atoms with E-state index >= 15 is 0 Å². The van der Waals surface area contributed by atoms with Crippen molar-refractivity contribution in [2.75, 3.05) is 50.8 Å². The third kappa shape index (κ3) is 7.73. The molecular weight excluding hydrogens is 686 g/mol. The Morgan fingerprint density at radius 3 is 2.71 bits per heavy atom. The number of carbonyl (C=O) groups excluding carboxylic acids is 2. The fraction of sp³-hybridized carbons (Fsp3) is 0.615. The number of sulfonamides is 1. The highest BCUT2D eigenvalue weighted by molar-refractivity contribution is 7.90. The number of ether oxygens (including phenoxy) is 1. The van der Waals surface area contributed by atoms with Crippen LogP contribution in [-0.4, -0.2) is 87.2 Å². The zero-order valence-electron chi connectivity index (χ0n) is 29.9. The summed E-state index contributed by atoms with van der Waals surface area (Å²) in [5.41, 5.74) is 2.13. The smallest absolute Gasteiger partial charge is 0.283 e. The Hall–Kier alpha value is -2.99. The van der Waals surface area contributed by atoms with E-state index in [-0.39, 0.29) is 34.6 Å². The first kappa shape index (κ1) is 36.4. The first-order chi connectivity index (χ1) is 24.5. The largest absolute Gasteiger partial charge is 0.489 e. The second-order valence-electron chi connectivity index (χ2n) is 15.7. The summed E-state index contributed by atoms with van der Waals surface area (Å²) in [6.07, 6.45) is 12.7. The molecule has 2 aromatic rings. The van der Waals surface area contributed by atoms with Gasteiger partial charge in [0.25, 0.3) is 5.91 Å². The Morgan fingerprint density at radius 2 is 1.90 bits per heavy atom. The summed E-state index contributed by atoms with van der Waals surface area (Å²) in [5.74, 6) is 0.147. The molecule has 2 bridgehead atoms. The van der Waals surface area contributed by atoms with Gasteiger partial charge < -0.3 is 15.0 Å². The molecule has 1 spiro atoms. The number of carbonyl (C=O) groups is 2. The van der Waals surface area contributed by atoms with Gasteiger partial charge in [0.2, 0.25) is 10.0 Å². The molecule has 1 aromatic carbocycles. The predicted octanol–water partition coefficient (Wildman–Crippen LogP) is 5.29. The summed E-state index contributed by atoms with van der Waals surface area (Å²) < 4.78 is 34.8. The van der Waals surface area contributed by atoms with Gasteiger partial charge in [-0.2, -0.15) is 0 Å². The van der Waals surface area contributed by atoms with Gasteiger partial charge in [0.05, 0.1) is 11.9 Å². The Bertz CT molecular complexity index is 1740. The molecule has 4 aliphatic heterocycles. The Balaban J connectivity index is 0.000000347. The number of amides is 1. The molecule has 5 heterocycles. The van der Waals surface area contributed by atoms with E-state index in [2.05, 4.69) is 25.9 Å². The molecule has 1 aromatic heterocycles. The molecule has 1 saturated carbocycles. The van der Waals surface area contributed by atoms with Crippen LogP contribution < -0.4 is 19.7 Å². The minimum absolute atomic E-state index is 0.0146. The molecule has 6 atom stereocenters. The molecule has 12 heteroatoms. The maximum atomic E-state index is 13.2. The van der Waals surface area contributed by atoms with Crippen molar-refractivity contribution in [2.45, 2.75) is 88.3 Å². The number of aryl methyl sites for hydroxylation is 1. The van der Waals surface area contributed by atoms with Crippen LogP contribution in [0.5, 0.6) is 5.75 Å². The molecule has 51 heavy (non-hydrogen) atoms. The second-order valence-corrected chi connectivity index (χ2v) is 18.1. The highest BCUT2D eigenvalue weighted by Gasteiger charge is 2.45. The maximum Gasteiger partial charge on any atom is 0.283 e. The number of ketones is 1. The number of nitrogens with one attached hydrogen (secondary N) is 2. The van der Waals surface area contributed by atoms with Crippen molar-refractivity contribution in [3.8, 4) is 5.75 Å². The SMILES string of the molecule is C1CCN2CCNC[C@H]2C1.C[C@@H]1[C@@H](C)C/C=C/C(=O)[C@@H]2CC[C@H]2CN2C[C@@]3(CCCc4cc(Cl)ccc43)COc3ccc(nc32)C(=O)NS1(=O)=O. The number of rotatable bonds is 0. The number of piperidine rings is 1. The van der Waals surface area contributed by atoms with Crippen LogP contribution in [0.1, 0.15) is 86.8 Å². The van der Waals surface area contributed by atoms with Gasteiger partial charge in [0.15, 0.2) is 17.4 Å². The quantitative estimate of drug-likeness (QED) is 0.372. The van der Waals surface area contributed by atoms with Crippen LogP contribution in [0.3, 0.4) is 0 Å². The van der Waals surface area contributed by atoms with Crippen LogP contribution in [0.4, 0.5) is 5.82 Å². The number of hydrogen-bond donors (Lipinski definition) is 2. The Morgan fingerprint density at radius 1 is 1.04 bits per heavy atom. The monoisotopic (exact) mass is 737 g/mol. The van der Waals surface area contributed by atoms with Gasteiger partial charge in [-0.25, -0.2) is 18.1 Å². The van der Waals surface area contributed by atoms with Gasteiger partial charge in [0.1, 0.15) is 5.69 Å². The van der Waals surface area contributed by atoms with Gasteiger partial charge in [-0.05, 0) is 118 Å². The van der Waals surface area contributed by atoms with Crippen molar-refractivity contribution in [3.63, 3.8) is 0 Å². The fourth-order valence-corrected chi connectivity index (χ4v) is 10.4. The number of piperazine rings is 1. The number of hydrogen-bond acceptors (Lipinski definition) is 9. The van der Waals surface area contributed by atoms with E-state index in [1.54, 1.807) is 25.1 Å². The lowest BCUT2D eigenvalue weighted by molar-refractivity contribution is -0.122. The van der Waals surface area contributed by atoms with Gasteiger partial charge in [-0.1, -0.05) is 37.1 Å². The summed E-state index contributed by atoms with van der Waals surface area (Å²) in [6, 6.07) is 10.2. The number of aromatic nitrogens is 1. The summed E-state index contributed by atoms with van der Waals surface area (Å²) in [7, 11) is -3.97. The van der Waals surface area contributed by atoms with E-state index < -0.39 is 21.2 Å². The van der Waals surface area contributed by atoms with E-state index in [1.165, 1.54) is 62.6 Å². The summed E-state index contributed by atoms with van der Waals surface area (Å²) >= 11 is 6.36. The average molecular weight is 738 g/mol. The second kappa shape index (κ2) is 15.2. The van der Waals surface area contributed by atoms with Crippen molar-refractivity contribution < 1.29 is 22.7 Å². The first-order valence-corrected chi connectivity index (χ1v) is 20.8. The van der Waals surface area contributed by atoms with Crippen molar-refractivity contribution in [3.05, 3.63) is 64.3 Å². The van der Waals surface area contributed by atoms with E-state index in [4.69, 9.17) is 21.3 Å². The molecular formula is C39H52ClN5O5S. The number of allylic oxidation sites excluding steroid dienone is 2. The number of pyridine rings is 1. The van der Waals surface area contributed by atoms with Gasteiger partial charge in [0, 0.05) is 55.1 Å². The maximum absolute atomic E-state index is 13.2. The van der Waals surface area contributed by atoms with E-state index in [0.29, 0.717) is 42.7 Å². The van der Waals surface area contributed by atoms with Crippen molar-refractivity contribution >= 4 is 39.1 Å². The molecule has 0 unspecified atom stereocenters. The molecule has 10 nitrogen and oxygen atoms in total. The van der Waals surface area contributed by atoms with E-state index in [0.717, 1.165) is 38.1 Å². The van der Waals surface area contributed by atoms with Gasteiger partial charge in [-0.15, -0.1) is 0 Å². The third-order valence-electron chi connectivity index (χ3n) is 12.4. The lowest BCUT2D eigenvalue weighted by Crippen LogP contribution is -2.53. The van der Waals surface area contributed by atoms with Crippen molar-refractivity contribution in [1.29, 1.82) is 0 Å². The van der Waals surface area contributed by atoms with Crippen LogP contribution >= 0.6 is 11.6 Å². The van der Waals surface area contributed by atoms with Crippen LogP contribution in [0.25, 0.3) is 0 Å². The highest BCUT2D eigenvalue weighted by Crippen LogP contribution is 2.45. The first-order valence-electron chi connectivity index (χ1n) is 18.9. The Labute approximate surface area is 307 Å². The summed E-state index contributed by atoms with van der Waals surface area (Å²) in [4.78, 5) is 35.9. The van der Waals surface area contributed by atoms with Crippen LogP contribution in [0.15, 0.2) is 42.5 Å². The topological polar surface area (TPSA) is 121 Å². The lowest BCUT2D eigenvalue weighted by atomic mass is 9.69. The molecule has 2 saturated heterocycles. The number of fused-ring (bicyclic) bond motifs is 5. The van der Waals surface area contributed by atoms with Crippen LogP contribution in [-0.2, 0) is 26.7 Å². The zero-order chi connectivity index (χ0) is 35.8. The third-order valence-corrected chi connectivity index (χ3v) is 14.5. The molecule has 0 radical (unpaired) electrons. The molecule has 1 amide bonds. The number of anilines is 1. The van der Waals surface area contributed by atoms with Gasteiger partial charge in [-0.3, -0.25) is 14.5 Å². The average Bonchev–Trinajstić information content (AvgIpc) is 3.26. The standard InChI is InChI=1S/C31H36ClN3O5S.C8H16N2/c1-19-5-3-7-27(36)24-10-8-22(24)16-35-17-31(14-4-6-21-15-23(32)9-11-25(21)31)18-40-28-13-12-26(33-29(28)35)30(37)34-41(38,39)20(19)2;1-2-5-10-6-4-9-7-8(10)3-1/h3,7,9,11-13,15,19-20,22,24H,4-6,8,10,14,16-18H2,1-2H3,(H,34,37);8-9H,1-7H2/b7-3+;/t19-,20+,22-,24+,31-;8-/m01/s1. The zero-order valence-corrected chi connectivity index (χ0v) is 31.5. The molecule has 6 aliphatic rings. The molecule has 3 fully saturated rings. The van der Waals surface area contributed by atoms with Crippen molar-refractivity contribution in [2.24, 2.45) is 17.8 Å². The molecule has 8 rings (SSSR count). The fourth-order valence-electron chi connectivity index (χ4n) is 8.92.